The maximum absolute atomic E-state index is 12.2. The molecule has 0 saturated carbocycles. The monoisotopic (exact) mass is 306 g/mol. The van der Waals surface area contributed by atoms with E-state index in [-0.39, 0.29) is 22.8 Å². The summed E-state index contributed by atoms with van der Waals surface area (Å²) in [5.41, 5.74) is 0.0909. The normalized spacial score (nSPS) is 14.1. The number of carbonyl (C=O) groups excluding carboxylic acids is 1. The number of ether oxygens (including phenoxy) is 1. The van der Waals surface area contributed by atoms with Gasteiger partial charge in [-0.2, -0.15) is 8.78 Å². The summed E-state index contributed by atoms with van der Waals surface area (Å²) < 4.78 is 28.8. The maximum Gasteiger partial charge on any atom is 0.387 e. The van der Waals surface area contributed by atoms with Gasteiger partial charge in [0.25, 0.3) is 0 Å². The second kappa shape index (κ2) is 8.18. The Bertz CT molecular complexity index is 442. The predicted octanol–water partition coefficient (Wildman–Crippen LogP) is 2.35. The minimum atomic E-state index is -3.01. The quantitative estimate of drug-likeness (QED) is 0.809. The van der Waals surface area contributed by atoms with Gasteiger partial charge in [-0.15, -0.1) is 0 Å². The van der Waals surface area contributed by atoms with Gasteiger partial charge in [0.15, 0.2) is 5.12 Å². The molecule has 1 aromatic rings. The topological polar surface area (TPSA) is 66.8 Å². The Hall–Kier alpha value is -1.18. The van der Waals surface area contributed by atoms with Crippen molar-refractivity contribution >= 4 is 16.9 Å². The van der Waals surface area contributed by atoms with E-state index in [1.165, 1.54) is 25.1 Å². The van der Waals surface area contributed by atoms with E-state index < -0.39 is 18.8 Å². The van der Waals surface area contributed by atoms with Gasteiger partial charge < -0.3 is 14.9 Å². The second-order valence-electron chi connectivity index (χ2n) is 4.06. The molecule has 0 saturated heterocycles. The van der Waals surface area contributed by atoms with Crippen molar-refractivity contribution in [3.05, 3.63) is 29.8 Å². The van der Waals surface area contributed by atoms with Crippen LogP contribution in [0.1, 0.15) is 25.0 Å². The van der Waals surface area contributed by atoms with E-state index in [1.54, 1.807) is 6.07 Å². The summed E-state index contributed by atoms with van der Waals surface area (Å²) in [6.45, 7) is -1.60. The van der Waals surface area contributed by atoms with E-state index in [9.17, 15) is 23.8 Å². The minimum Gasteiger partial charge on any atom is -0.434 e. The van der Waals surface area contributed by atoms with E-state index in [4.69, 9.17) is 0 Å². The van der Waals surface area contributed by atoms with Crippen LogP contribution in [0.2, 0.25) is 0 Å². The molecule has 4 nitrogen and oxygen atoms in total. The van der Waals surface area contributed by atoms with E-state index in [1.807, 2.05) is 0 Å². The zero-order valence-corrected chi connectivity index (χ0v) is 11.6. The van der Waals surface area contributed by atoms with Crippen LogP contribution in [0.3, 0.4) is 0 Å². The number of alkyl halides is 2. The molecule has 0 radical (unpaired) electrons. The van der Waals surface area contributed by atoms with Crippen molar-refractivity contribution in [2.75, 3.05) is 5.75 Å². The number of para-hydroxylation sites is 1. The van der Waals surface area contributed by atoms with Crippen LogP contribution in [0.25, 0.3) is 0 Å². The van der Waals surface area contributed by atoms with Crippen LogP contribution in [0.15, 0.2) is 24.3 Å². The maximum atomic E-state index is 12.2. The SMILES string of the molecule is CC(=O)SCCC(O)C(O)c1ccccc1OC(F)F. The van der Waals surface area contributed by atoms with Gasteiger partial charge in [-0.25, -0.2) is 0 Å². The lowest BCUT2D eigenvalue weighted by molar-refractivity contribution is -0.109. The van der Waals surface area contributed by atoms with Gasteiger partial charge in [-0.1, -0.05) is 30.0 Å². The number of hydrogen-bond donors (Lipinski definition) is 2. The van der Waals surface area contributed by atoms with Gasteiger partial charge in [-0.3, -0.25) is 4.79 Å². The third-order valence-corrected chi connectivity index (χ3v) is 3.38. The molecule has 112 valence electrons. The molecule has 0 bridgehead atoms. The Morgan fingerprint density at radius 1 is 1.35 bits per heavy atom. The zero-order valence-electron chi connectivity index (χ0n) is 10.8. The van der Waals surface area contributed by atoms with Crippen molar-refractivity contribution in [2.45, 2.75) is 32.2 Å². The van der Waals surface area contributed by atoms with Crippen LogP contribution in [0.5, 0.6) is 5.75 Å². The fourth-order valence-corrected chi connectivity index (χ4v) is 2.26. The molecule has 7 heteroatoms. The van der Waals surface area contributed by atoms with Crippen LogP contribution in [-0.2, 0) is 4.79 Å². The van der Waals surface area contributed by atoms with Gasteiger partial charge in [0.2, 0.25) is 0 Å². The molecule has 0 aliphatic rings. The fourth-order valence-electron chi connectivity index (χ4n) is 1.62. The number of carbonyl (C=O) groups is 1. The van der Waals surface area contributed by atoms with Crippen LogP contribution in [0, 0.1) is 0 Å². The predicted molar refractivity (Wildman–Crippen MR) is 71.8 cm³/mol. The Morgan fingerprint density at radius 3 is 2.60 bits per heavy atom. The molecule has 2 N–H and O–H groups in total. The third-order valence-electron chi connectivity index (χ3n) is 2.54. The first-order valence-electron chi connectivity index (χ1n) is 5.95. The number of aliphatic hydroxyl groups excluding tert-OH is 2. The van der Waals surface area contributed by atoms with Crippen LogP contribution >= 0.6 is 11.8 Å². The molecule has 0 amide bonds. The number of rotatable bonds is 7. The van der Waals surface area contributed by atoms with Gasteiger partial charge in [0.1, 0.15) is 11.9 Å². The molecule has 0 aliphatic heterocycles. The molecule has 0 spiro atoms. The van der Waals surface area contributed by atoms with Crippen molar-refractivity contribution in [3.8, 4) is 5.75 Å². The largest absolute Gasteiger partial charge is 0.434 e. The minimum absolute atomic E-state index is 0.0897. The molecule has 1 aromatic carbocycles. The van der Waals surface area contributed by atoms with E-state index in [0.29, 0.717) is 5.75 Å². The second-order valence-corrected chi connectivity index (χ2v) is 5.33. The average Bonchev–Trinajstić information content (AvgIpc) is 2.37. The van der Waals surface area contributed by atoms with Crippen molar-refractivity contribution in [1.82, 2.24) is 0 Å². The summed E-state index contributed by atoms with van der Waals surface area (Å²) in [6, 6.07) is 5.74. The van der Waals surface area contributed by atoms with E-state index in [0.717, 1.165) is 11.8 Å². The molecule has 0 aromatic heterocycles. The first-order valence-corrected chi connectivity index (χ1v) is 6.93. The summed E-state index contributed by atoms with van der Waals surface area (Å²) in [4.78, 5) is 10.8. The molecule has 1 rings (SSSR count). The van der Waals surface area contributed by atoms with Crippen molar-refractivity contribution in [1.29, 1.82) is 0 Å². The lowest BCUT2D eigenvalue weighted by atomic mass is 10.0. The third kappa shape index (κ3) is 5.44. The van der Waals surface area contributed by atoms with Gasteiger partial charge >= 0.3 is 6.61 Å². The van der Waals surface area contributed by atoms with Gasteiger partial charge in [-0.05, 0) is 12.5 Å². The summed E-state index contributed by atoms with van der Waals surface area (Å²) in [6.07, 6.45) is -2.35. The summed E-state index contributed by atoms with van der Waals surface area (Å²) in [5.74, 6) is 0.166. The van der Waals surface area contributed by atoms with Gasteiger partial charge in [0.05, 0.1) is 6.10 Å². The Kier molecular flexibility index (Phi) is 6.90. The lowest BCUT2D eigenvalue weighted by Crippen LogP contribution is -2.20. The highest BCUT2D eigenvalue weighted by molar-refractivity contribution is 8.13. The summed E-state index contributed by atoms with van der Waals surface area (Å²) in [5, 5.41) is 19.7. The highest BCUT2D eigenvalue weighted by atomic mass is 32.2. The number of halogens is 2. The standard InChI is InChI=1S/C13H16F2O4S/c1-8(16)20-7-6-10(17)12(18)9-4-2-3-5-11(9)19-13(14)15/h2-5,10,12-13,17-18H,6-7H2,1H3. The van der Waals surface area contributed by atoms with Crippen molar-refractivity contribution in [3.63, 3.8) is 0 Å². The van der Waals surface area contributed by atoms with Crippen molar-refractivity contribution in [2.24, 2.45) is 0 Å². The molecule has 0 aliphatic carbocycles. The average molecular weight is 306 g/mol. The number of hydrogen-bond acceptors (Lipinski definition) is 5. The summed E-state index contributed by atoms with van der Waals surface area (Å²) in [7, 11) is 0. The first kappa shape index (κ1) is 16.9. The Morgan fingerprint density at radius 2 is 2.00 bits per heavy atom. The van der Waals surface area contributed by atoms with Crippen LogP contribution in [-0.4, -0.2) is 33.8 Å². The Balaban J connectivity index is 2.70. The van der Waals surface area contributed by atoms with Crippen LogP contribution in [0.4, 0.5) is 8.78 Å². The molecule has 2 unspecified atom stereocenters. The van der Waals surface area contributed by atoms with Crippen LogP contribution < -0.4 is 4.74 Å². The van der Waals surface area contributed by atoms with E-state index in [2.05, 4.69) is 4.74 Å². The molecule has 20 heavy (non-hydrogen) atoms. The number of benzene rings is 1. The molecule has 0 heterocycles. The number of thioether (sulfide) groups is 1. The molecular formula is C13H16F2O4S. The summed E-state index contributed by atoms with van der Waals surface area (Å²) >= 11 is 1.03. The zero-order chi connectivity index (χ0) is 15.1. The highest BCUT2D eigenvalue weighted by Gasteiger charge is 2.22. The molecule has 0 fully saturated rings. The van der Waals surface area contributed by atoms with Crippen molar-refractivity contribution < 1.29 is 28.5 Å². The molecular weight excluding hydrogens is 290 g/mol. The number of aliphatic hydroxyl groups is 2. The molecule has 2 atom stereocenters. The first-order chi connectivity index (χ1) is 9.41. The Labute approximate surface area is 119 Å². The highest BCUT2D eigenvalue weighted by Crippen LogP contribution is 2.29. The fraction of sp³-hybridized carbons (Fsp3) is 0.462. The smallest absolute Gasteiger partial charge is 0.387 e. The van der Waals surface area contributed by atoms with Gasteiger partial charge in [0, 0.05) is 18.2 Å². The lowest BCUT2D eigenvalue weighted by Gasteiger charge is -2.20. The van der Waals surface area contributed by atoms with E-state index >= 15 is 0 Å².